The lowest BCUT2D eigenvalue weighted by Gasteiger charge is -2.14. The molecule has 0 spiro atoms. The molecule has 2 aromatic carbocycles. The fourth-order valence-electron chi connectivity index (χ4n) is 3.55. The molecule has 4 nitrogen and oxygen atoms in total. The van der Waals surface area contributed by atoms with Crippen LogP contribution >= 0.6 is 0 Å². The fourth-order valence-corrected chi connectivity index (χ4v) is 3.55. The number of rotatable bonds is 1. The molecule has 0 aliphatic heterocycles. The van der Waals surface area contributed by atoms with Crippen LogP contribution in [0.1, 0.15) is 23.3 Å². The molecular weight excluding hydrogens is 280 g/mol. The molecule has 4 rings (SSSR count). The summed E-state index contributed by atoms with van der Waals surface area (Å²) in [6, 6.07) is 5.10. The van der Waals surface area contributed by atoms with Crippen molar-refractivity contribution in [2.75, 3.05) is 7.11 Å². The molecule has 1 aliphatic carbocycles. The van der Waals surface area contributed by atoms with Gasteiger partial charge < -0.3 is 14.3 Å². The Balaban J connectivity index is 2.31. The fraction of sp³-hybridized carbons (Fsp3) is 0.278. The lowest BCUT2D eigenvalue weighted by molar-refractivity contribution is 0.415. The number of phenols is 1. The standard InChI is InChI=1S/C18H16O4/c1-9-6-13(19)16-14(20)8-11-7-10-4-3-5-12(10)17(21-2)15(11)18(16)22-9/h6-8,20H,3-5H2,1-2H3. The van der Waals surface area contributed by atoms with Crippen molar-refractivity contribution in [3.8, 4) is 11.5 Å². The molecule has 1 aromatic heterocycles. The molecule has 1 heterocycles. The van der Waals surface area contributed by atoms with Gasteiger partial charge in [-0.3, -0.25) is 4.79 Å². The minimum atomic E-state index is -0.235. The summed E-state index contributed by atoms with van der Waals surface area (Å²) in [7, 11) is 1.64. The van der Waals surface area contributed by atoms with E-state index in [9.17, 15) is 9.90 Å². The minimum absolute atomic E-state index is 0.0451. The summed E-state index contributed by atoms with van der Waals surface area (Å²) in [5.41, 5.74) is 2.61. The van der Waals surface area contributed by atoms with Crippen molar-refractivity contribution in [2.45, 2.75) is 26.2 Å². The number of fused-ring (bicyclic) bond motifs is 4. The second kappa shape index (κ2) is 4.50. The molecule has 0 radical (unpaired) electrons. The van der Waals surface area contributed by atoms with Gasteiger partial charge in [-0.1, -0.05) is 6.07 Å². The molecule has 112 valence electrons. The normalized spacial score (nSPS) is 13.7. The van der Waals surface area contributed by atoms with Crippen molar-refractivity contribution < 1.29 is 14.3 Å². The Morgan fingerprint density at radius 1 is 1.18 bits per heavy atom. The zero-order valence-electron chi connectivity index (χ0n) is 12.5. The molecule has 0 amide bonds. The minimum Gasteiger partial charge on any atom is -0.507 e. The monoisotopic (exact) mass is 296 g/mol. The third kappa shape index (κ3) is 1.67. The SMILES string of the molecule is COc1c2c(cc3cc(O)c4c(=O)cc(C)oc4c13)CCC2. The Hall–Kier alpha value is -2.49. The highest BCUT2D eigenvalue weighted by Gasteiger charge is 2.23. The van der Waals surface area contributed by atoms with Crippen LogP contribution in [0.4, 0.5) is 0 Å². The maximum absolute atomic E-state index is 12.2. The van der Waals surface area contributed by atoms with E-state index in [0.717, 1.165) is 35.8 Å². The van der Waals surface area contributed by atoms with Gasteiger partial charge in [0.1, 0.15) is 22.6 Å². The number of aromatic hydroxyl groups is 1. The predicted octanol–water partition coefficient (Wildman–Crippen LogP) is 3.46. The van der Waals surface area contributed by atoms with Crippen LogP contribution in [0.3, 0.4) is 0 Å². The summed E-state index contributed by atoms with van der Waals surface area (Å²) in [4.78, 5) is 12.2. The molecular formula is C18H16O4. The van der Waals surface area contributed by atoms with Gasteiger partial charge in [-0.25, -0.2) is 0 Å². The summed E-state index contributed by atoms with van der Waals surface area (Å²) >= 11 is 0. The van der Waals surface area contributed by atoms with Crippen molar-refractivity contribution in [1.82, 2.24) is 0 Å². The summed E-state index contributed by atoms with van der Waals surface area (Å²) < 4.78 is 11.5. The molecule has 1 aliphatic rings. The Morgan fingerprint density at radius 2 is 2.00 bits per heavy atom. The van der Waals surface area contributed by atoms with Crippen LogP contribution in [0.2, 0.25) is 0 Å². The van der Waals surface area contributed by atoms with Crippen molar-refractivity contribution in [3.05, 3.63) is 45.3 Å². The van der Waals surface area contributed by atoms with E-state index in [0.29, 0.717) is 11.3 Å². The molecule has 0 bridgehead atoms. The van der Waals surface area contributed by atoms with Gasteiger partial charge in [0.05, 0.1) is 12.5 Å². The van der Waals surface area contributed by atoms with E-state index in [-0.39, 0.29) is 16.6 Å². The first-order valence-corrected chi connectivity index (χ1v) is 7.39. The Kier molecular flexibility index (Phi) is 2.70. The van der Waals surface area contributed by atoms with Crippen LogP contribution in [0.25, 0.3) is 21.7 Å². The molecule has 0 saturated carbocycles. The van der Waals surface area contributed by atoms with Gasteiger partial charge >= 0.3 is 0 Å². The average Bonchev–Trinajstić information content (AvgIpc) is 2.92. The van der Waals surface area contributed by atoms with Gasteiger partial charge in [0.25, 0.3) is 0 Å². The van der Waals surface area contributed by atoms with Crippen LogP contribution in [-0.4, -0.2) is 12.2 Å². The number of methoxy groups -OCH3 is 1. The molecule has 0 saturated heterocycles. The van der Waals surface area contributed by atoms with Gasteiger partial charge in [-0.05, 0) is 48.8 Å². The highest BCUT2D eigenvalue weighted by atomic mass is 16.5. The first kappa shape index (κ1) is 13.2. The second-order valence-electron chi connectivity index (χ2n) is 5.82. The van der Waals surface area contributed by atoms with Gasteiger partial charge in [0.15, 0.2) is 11.0 Å². The van der Waals surface area contributed by atoms with E-state index in [1.165, 1.54) is 17.2 Å². The molecule has 0 unspecified atom stereocenters. The molecule has 0 fully saturated rings. The number of hydrogen-bond acceptors (Lipinski definition) is 4. The molecule has 0 atom stereocenters. The topological polar surface area (TPSA) is 59.7 Å². The highest BCUT2D eigenvalue weighted by Crippen LogP contribution is 2.42. The Labute approximate surface area is 126 Å². The Morgan fingerprint density at radius 3 is 2.77 bits per heavy atom. The van der Waals surface area contributed by atoms with Gasteiger partial charge in [0, 0.05) is 6.07 Å². The van der Waals surface area contributed by atoms with E-state index in [1.807, 2.05) is 0 Å². The number of benzene rings is 2. The number of hydrogen-bond donors (Lipinski definition) is 1. The third-order valence-electron chi connectivity index (χ3n) is 4.43. The first-order valence-electron chi connectivity index (χ1n) is 7.39. The number of aryl methyl sites for hydroxylation is 2. The molecule has 22 heavy (non-hydrogen) atoms. The quantitative estimate of drug-likeness (QED) is 0.699. The zero-order chi connectivity index (χ0) is 15.4. The van der Waals surface area contributed by atoms with Crippen LogP contribution in [0, 0.1) is 6.92 Å². The van der Waals surface area contributed by atoms with Crippen molar-refractivity contribution >= 4 is 21.7 Å². The predicted molar refractivity (Wildman–Crippen MR) is 85.0 cm³/mol. The van der Waals surface area contributed by atoms with Gasteiger partial charge in [-0.2, -0.15) is 0 Å². The zero-order valence-corrected chi connectivity index (χ0v) is 12.5. The summed E-state index contributed by atoms with van der Waals surface area (Å²) in [5.74, 6) is 1.24. The lowest BCUT2D eigenvalue weighted by atomic mass is 9.98. The second-order valence-corrected chi connectivity index (χ2v) is 5.82. The maximum atomic E-state index is 12.2. The van der Waals surface area contributed by atoms with Gasteiger partial charge in [-0.15, -0.1) is 0 Å². The average molecular weight is 296 g/mol. The number of ether oxygens (including phenoxy) is 1. The highest BCUT2D eigenvalue weighted by molar-refractivity contribution is 6.10. The van der Waals surface area contributed by atoms with E-state index < -0.39 is 0 Å². The van der Waals surface area contributed by atoms with E-state index in [1.54, 1.807) is 20.1 Å². The summed E-state index contributed by atoms with van der Waals surface area (Å²) in [6.07, 6.45) is 3.07. The van der Waals surface area contributed by atoms with E-state index >= 15 is 0 Å². The van der Waals surface area contributed by atoms with Crippen LogP contribution in [-0.2, 0) is 12.8 Å². The van der Waals surface area contributed by atoms with E-state index in [4.69, 9.17) is 9.15 Å². The first-order chi connectivity index (χ1) is 10.6. The summed E-state index contributed by atoms with van der Waals surface area (Å²) in [6.45, 7) is 1.73. The Bertz CT molecular complexity index is 982. The molecule has 3 aromatic rings. The lowest BCUT2D eigenvalue weighted by Crippen LogP contribution is -2.02. The van der Waals surface area contributed by atoms with Crippen molar-refractivity contribution in [2.24, 2.45) is 0 Å². The van der Waals surface area contributed by atoms with Crippen molar-refractivity contribution in [1.29, 1.82) is 0 Å². The van der Waals surface area contributed by atoms with E-state index in [2.05, 4.69) is 6.07 Å². The molecule has 4 heteroatoms. The number of phenolic OH excluding ortho intramolecular Hbond substituents is 1. The van der Waals surface area contributed by atoms with Crippen LogP contribution < -0.4 is 10.2 Å². The third-order valence-corrected chi connectivity index (χ3v) is 4.43. The smallest absolute Gasteiger partial charge is 0.196 e. The van der Waals surface area contributed by atoms with Crippen LogP contribution in [0.15, 0.2) is 27.4 Å². The van der Waals surface area contributed by atoms with Gasteiger partial charge in [0.2, 0.25) is 0 Å². The van der Waals surface area contributed by atoms with Crippen LogP contribution in [0.5, 0.6) is 11.5 Å². The molecule has 1 N–H and O–H groups in total. The summed E-state index contributed by atoms with van der Waals surface area (Å²) in [5, 5.41) is 12.1. The largest absolute Gasteiger partial charge is 0.507 e. The van der Waals surface area contributed by atoms with Crippen molar-refractivity contribution in [3.63, 3.8) is 0 Å². The maximum Gasteiger partial charge on any atom is 0.196 e.